The Morgan fingerprint density at radius 1 is 1.26 bits per heavy atom. The van der Waals surface area contributed by atoms with Crippen LogP contribution in [-0.4, -0.2) is 33.4 Å². The van der Waals surface area contributed by atoms with Crippen LogP contribution in [-0.2, 0) is 6.18 Å². The Kier molecular flexibility index (Phi) is 7.48. The summed E-state index contributed by atoms with van der Waals surface area (Å²) in [6.45, 7) is 4.37. The first kappa shape index (κ1) is 25.2. The van der Waals surface area contributed by atoms with Crippen molar-refractivity contribution in [3.05, 3.63) is 58.6 Å². The molecule has 0 radical (unpaired) electrons. The zero-order valence-electron chi connectivity index (χ0n) is 19.5. The quantitative estimate of drug-likeness (QED) is 0.196. The average Bonchev–Trinajstić information content (AvgIpc) is 3.45. The van der Waals surface area contributed by atoms with Crippen molar-refractivity contribution in [3.8, 4) is 11.8 Å². The third-order valence-corrected chi connectivity index (χ3v) is 6.66. The predicted octanol–water partition coefficient (Wildman–Crippen LogP) is 5.92. The van der Waals surface area contributed by atoms with Gasteiger partial charge in [0.05, 0.1) is 17.5 Å². The fourth-order valence-electron chi connectivity index (χ4n) is 4.59. The summed E-state index contributed by atoms with van der Waals surface area (Å²) >= 11 is 6.16. The molecule has 0 aliphatic heterocycles. The lowest BCUT2D eigenvalue weighted by molar-refractivity contribution is -0.137. The van der Waals surface area contributed by atoms with E-state index in [2.05, 4.69) is 31.7 Å². The van der Waals surface area contributed by atoms with E-state index >= 15 is 0 Å². The monoisotopic (exact) mass is 502 g/mol. The first-order chi connectivity index (χ1) is 16.6. The number of halogens is 4. The molecule has 0 amide bonds. The number of nitrogens with zero attached hydrogens (tertiary/aromatic N) is 3. The van der Waals surface area contributed by atoms with Gasteiger partial charge >= 0.3 is 6.18 Å². The minimum absolute atomic E-state index is 0.326. The van der Waals surface area contributed by atoms with Crippen molar-refractivity contribution in [1.29, 1.82) is 0 Å². The molecule has 184 valence electrons. The average molecular weight is 503 g/mol. The third kappa shape index (κ3) is 5.68. The molecule has 3 aromatic rings. The topological polar surface area (TPSA) is 59.8 Å². The van der Waals surface area contributed by atoms with Crippen LogP contribution in [0.2, 0.25) is 5.15 Å². The number of alkyl halides is 3. The highest BCUT2D eigenvalue weighted by atomic mass is 35.5. The second-order valence-corrected chi connectivity index (χ2v) is 9.53. The maximum absolute atomic E-state index is 13.3. The van der Waals surface area contributed by atoms with Gasteiger partial charge in [-0.05, 0) is 56.0 Å². The zero-order valence-corrected chi connectivity index (χ0v) is 20.2. The van der Waals surface area contributed by atoms with Crippen LogP contribution in [0.3, 0.4) is 0 Å². The van der Waals surface area contributed by atoms with Crippen LogP contribution in [0, 0.1) is 23.7 Å². The SMILES string of the molecule is CC(C)C(=O)c1cc(C#CCNCC2CCC(n3ccc4c(Cl)ncnc43)C2)ccc1C(F)(F)F. The van der Waals surface area contributed by atoms with E-state index in [-0.39, 0.29) is 5.56 Å². The van der Waals surface area contributed by atoms with Crippen LogP contribution in [0.15, 0.2) is 36.8 Å². The minimum Gasteiger partial charge on any atom is -0.329 e. The molecule has 2 heterocycles. The van der Waals surface area contributed by atoms with Crippen molar-refractivity contribution in [2.45, 2.75) is 45.3 Å². The number of fused-ring (bicyclic) bond motifs is 1. The molecule has 0 bridgehead atoms. The van der Waals surface area contributed by atoms with E-state index in [0.29, 0.717) is 29.2 Å². The number of hydrogen-bond donors (Lipinski definition) is 1. The molecule has 4 rings (SSSR count). The lowest BCUT2D eigenvalue weighted by Gasteiger charge is -2.14. The van der Waals surface area contributed by atoms with Gasteiger partial charge in [-0.1, -0.05) is 37.3 Å². The molecule has 2 aromatic heterocycles. The Balaban J connectivity index is 1.33. The number of rotatable bonds is 6. The number of aromatic nitrogens is 3. The molecule has 0 spiro atoms. The molecule has 1 aliphatic rings. The number of benzene rings is 1. The molecule has 9 heteroatoms. The van der Waals surface area contributed by atoms with E-state index in [1.54, 1.807) is 13.8 Å². The van der Waals surface area contributed by atoms with Gasteiger partial charge in [-0.3, -0.25) is 4.79 Å². The molecule has 1 fully saturated rings. The van der Waals surface area contributed by atoms with Crippen LogP contribution in [0.1, 0.15) is 60.6 Å². The van der Waals surface area contributed by atoms with Crippen molar-refractivity contribution in [2.24, 2.45) is 11.8 Å². The zero-order chi connectivity index (χ0) is 25.2. The number of carbonyl (C=O) groups is 1. The highest BCUT2D eigenvalue weighted by molar-refractivity contribution is 6.33. The van der Waals surface area contributed by atoms with E-state index in [1.807, 2.05) is 12.3 Å². The molecule has 35 heavy (non-hydrogen) atoms. The van der Waals surface area contributed by atoms with Crippen LogP contribution >= 0.6 is 11.6 Å². The van der Waals surface area contributed by atoms with Gasteiger partial charge in [0.1, 0.15) is 17.1 Å². The Labute approximate surface area is 207 Å². The highest BCUT2D eigenvalue weighted by Crippen LogP contribution is 2.37. The molecule has 5 nitrogen and oxygen atoms in total. The van der Waals surface area contributed by atoms with Gasteiger partial charge in [0.15, 0.2) is 5.78 Å². The van der Waals surface area contributed by atoms with Crippen LogP contribution < -0.4 is 5.32 Å². The van der Waals surface area contributed by atoms with Crippen LogP contribution in [0.5, 0.6) is 0 Å². The van der Waals surface area contributed by atoms with Gasteiger partial charge < -0.3 is 9.88 Å². The number of ketones is 1. The van der Waals surface area contributed by atoms with Gasteiger partial charge in [0.25, 0.3) is 0 Å². The molecule has 1 saturated carbocycles. The van der Waals surface area contributed by atoms with Gasteiger partial charge in [0.2, 0.25) is 0 Å². The lowest BCUT2D eigenvalue weighted by Crippen LogP contribution is -2.22. The molecule has 0 saturated heterocycles. The Bertz CT molecular complexity index is 1290. The summed E-state index contributed by atoms with van der Waals surface area (Å²) in [4.78, 5) is 20.7. The Hall–Kier alpha value is -2.89. The predicted molar refractivity (Wildman–Crippen MR) is 129 cm³/mol. The summed E-state index contributed by atoms with van der Waals surface area (Å²) in [7, 11) is 0. The molecule has 1 N–H and O–H groups in total. The van der Waals surface area contributed by atoms with E-state index in [4.69, 9.17) is 11.6 Å². The summed E-state index contributed by atoms with van der Waals surface area (Å²) in [6, 6.07) is 5.79. The fraction of sp³-hybridized carbons (Fsp3) is 0.423. The summed E-state index contributed by atoms with van der Waals surface area (Å²) in [6.07, 6.45) is 2.03. The smallest absolute Gasteiger partial charge is 0.329 e. The van der Waals surface area contributed by atoms with Crippen LogP contribution in [0.4, 0.5) is 13.2 Å². The molecular formula is C26H26ClF3N4O. The van der Waals surface area contributed by atoms with E-state index < -0.39 is 23.4 Å². The fourth-order valence-corrected chi connectivity index (χ4v) is 4.78. The van der Waals surface area contributed by atoms with Gasteiger partial charge in [0, 0.05) is 29.3 Å². The summed E-state index contributed by atoms with van der Waals surface area (Å²) < 4.78 is 42.1. The van der Waals surface area contributed by atoms with Crippen molar-refractivity contribution >= 4 is 28.4 Å². The molecule has 1 aromatic carbocycles. The molecule has 2 unspecified atom stereocenters. The number of hydrogen-bond acceptors (Lipinski definition) is 4. The van der Waals surface area contributed by atoms with E-state index in [0.717, 1.165) is 42.9 Å². The number of Topliss-reactive ketones (excluding diaryl/α,β-unsaturated/α-hetero) is 1. The van der Waals surface area contributed by atoms with E-state index in [9.17, 15) is 18.0 Å². The maximum Gasteiger partial charge on any atom is 0.417 e. The largest absolute Gasteiger partial charge is 0.417 e. The first-order valence-electron chi connectivity index (χ1n) is 11.6. The Morgan fingerprint density at radius 3 is 2.80 bits per heavy atom. The van der Waals surface area contributed by atoms with E-state index in [1.165, 1.54) is 18.5 Å². The van der Waals surface area contributed by atoms with Crippen molar-refractivity contribution in [2.75, 3.05) is 13.1 Å². The molecule has 2 atom stereocenters. The second-order valence-electron chi connectivity index (χ2n) is 9.17. The number of nitrogens with one attached hydrogen (secondary N) is 1. The summed E-state index contributed by atoms with van der Waals surface area (Å²) in [5.74, 6) is 5.24. The summed E-state index contributed by atoms with van der Waals surface area (Å²) in [5, 5.41) is 4.63. The Morgan fingerprint density at radius 2 is 2.06 bits per heavy atom. The van der Waals surface area contributed by atoms with Crippen molar-refractivity contribution < 1.29 is 18.0 Å². The standard InChI is InChI=1S/C26H26ClF3N4O/c1-16(2)23(35)21-13-17(6-8-22(21)26(28,29)30)4-3-10-31-14-18-5-7-19(12-18)34-11-9-20-24(27)32-15-33-25(20)34/h6,8-9,11,13,15-16,18-19,31H,5,7,10,12,14H2,1-2H3. The second kappa shape index (κ2) is 10.4. The summed E-state index contributed by atoms with van der Waals surface area (Å²) in [5.41, 5.74) is -0.000536. The van der Waals surface area contributed by atoms with Gasteiger partial charge in [-0.15, -0.1) is 0 Å². The lowest BCUT2D eigenvalue weighted by atomic mass is 9.94. The van der Waals surface area contributed by atoms with Crippen molar-refractivity contribution in [3.63, 3.8) is 0 Å². The van der Waals surface area contributed by atoms with Gasteiger partial charge in [-0.25, -0.2) is 9.97 Å². The normalized spacial score (nSPS) is 18.1. The maximum atomic E-state index is 13.3. The first-order valence-corrected chi connectivity index (χ1v) is 11.9. The minimum atomic E-state index is -4.58. The molecular weight excluding hydrogens is 477 g/mol. The number of carbonyl (C=O) groups excluding carboxylic acids is 1. The van der Waals surface area contributed by atoms with Crippen LogP contribution in [0.25, 0.3) is 11.0 Å². The highest BCUT2D eigenvalue weighted by Gasteiger charge is 2.35. The molecule has 1 aliphatic carbocycles. The van der Waals surface area contributed by atoms with Crippen molar-refractivity contribution in [1.82, 2.24) is 19.9 Å². The third-order valence-electron chi connectivity index (χ3n) is 6.36. The van der Waals surface area contributed by atoms with Gasteiger partial charge in [-0.2, -0.15) is 13.2 Å².